The average molecular weight is 290 g/mol. The smallest absolute Gasteiger partial charge is 0.360 e. The zero-order valence-electron chi connectivity index (χ0n) is 11.2. The Morgan fingerprint density at radius 2 is 2.10 bits per heavy atom. The number of hydrogen-bond donors (Lipinski definition) is 1. The second-order valence-electron chi connectivity index (χ2n) is 4.19. The lowest BCUT2D eigenvalue weighted by Crippen LogP contribution is -2.05. The van der Waals surface area contributed by atoms with Gasteiger partial charge in [-0.1, -0.05) is 40.6 Å². The molecule has 0 saturated carbocycles. The number of oxime groups is 1. The molecule has 2 rings (SSSR count). The molecule has 104 valence electrons. The maximum atomic E-state index is 12.1. The second-order valence-corrected chi connectivity index (χ2v) is 4.51. The van der Waals surface area contributed by atoms with Gasteiger partial charge in [0.25, 0.3) is 0 Å². The molecule has 0 fully saturated rings. The lowest BCUT2D eigenvalue weighted by atomic mass is 10.1. The van der Waals surface area contributed by atoms with Crippen molar-refractivity contribution in [2.45, 2.75) is 13.8 Å². The van der Waals surface area contributed by atoms with Gasteiger partial charge in [-0.3, -0.25) is 0 Å². The number of rotatable bonds is 4. The van der Waals surface area contributed by atoms with Crippen LogP contribution in [0, 0.1) is 6.92 Å². The summed E-state index contributed by atoms with van der Waals surface area (Å²) >= 11 is 4.04. The highest BCUT2D eigenvalue weighted by molar-refractivity contribution is 7.81. The predicted molar refractivity (Wildman–Crippen MR) is 79.1 cm³/mol. The Bertz CT molecular complexity index is 635. The fourth-order valence-electron chi connectivity index (χ4n) is 1.60. The molecule has 0 unspecified atom stereocenters. The molecular weight excluding hydrogens is 276 g/mol. The van der Waals surface area contributed by atoms with E-state index < -0.39 is 5.97 Å². The molecule has 1 aromatic carbocycles. The SMILES string of the molecule is C/C(CS)=N\OC(=O)c1c(-c2ccccc2)noc1C. The van der Waals surface area contributed by atoms with Crippen LogP contribution in [0.5, 0.6) is 0 Å². The van der Waals surface area contributed by atoms with Crippen LogP contribution in [0.1, 0.15) is 23.0 Å². The minimum atomic E-state index is -0.594. The van der Waals surface area contributed by atoms with Crippen molar-refractivity contribution in [1.29, 1.82) is 0 Å². The van der Waals surface area contributed by atoms with Gasteiger partial charge < -0.3 is 9.36 Å². The van der Waals surface area contributed by atoms with E-state index in [9.17, 15) is 4.79 Å². The Morgan fingerprint density at radius 1 is 1.40 bits per heavy atom. The van der Waals surface area contributed by atoms with Crippen LogP contribution in [0.2, 0.25) is 0 Å². The van der Waals surface area contributed by atoms with E-state index in [2.05, 4.69) is 22.9 Å². The van der Waals surface area contributed by atoms with Crippen LogP contribution in [-0.2, 0) is 4.84 Å². The van der Waals surface area contributed by atoms with Crippen molar-refractivity contribution in [2.24, 2.45) is 5.16 Å². The number of nitrogens with zero attached hydrogens (tertiary/aromatic N) is 2. The first-order chi connectivity index (χ1) is 9.63. The van der Waals surface area contributed by atoms with E-state index in [0.29, 0.717) is 22.9 Å². The first-order valence-corrected chi connectivity index (χ1v) is 6.64. The number of hydrogen-bond acceptors (Lipinski definition) is 6. The molecule has 0 atom stereocenters. The molecule has 0 amide bonds. The molecule has 5 nitrogen and oxygen atoms in total. The first kappa shape index (κ1) is 14.3. The third-order valence-electron chi connectivity index (χ3n) is 2.63. The number of carbonyl (C=O) groups excluding carboxylic acids is 1. The van der Waals surface area contributed by atoms with Gasteiger partial charge in [-0.15, -0.1) is 0 Å². The van der Waals surface area contributed by atoms with E-state index in [4.69, 9.17) is 9.36 Å². The molecule has 20 heavy (non-hydrogen) atoms. The molecule has 0 aliphatic rings. The van der Waals surface area contributed by atoms with Gasteiger partial charge in [-0.2, -0.15) is 12.6 Å². The fraction of sp³-hybridized carbons (Fsp3) is 0.214. The maximum absolute atomic E-state index is 12.1. The summed E-state index contributed by atoms with van der Waals surface area (Å²) in [6, 6.07) is 9.29. The van der Waals surface area contributed by atoms with Crippen molar-refractivity contribution >= 4 is 24.3 Å². The normalized spacial score (nSPS) is 11.4. The van der Waals surface area contributed by atoms with Gasteiger partial charge in [0.05, 0.1) is 5.71 Å². The largest absolute Gasteiger partial charge is 0.371 e. The van der Waals surface area contributed by atoms with Crippen LogP contribution >= 0.6 is 12.6 Å². The molecule has 1 heterocycles. The molecule has 6 heteroatoms. The summed E-state index contributed by atoms with van der Waals surface area (Å²) in [4.78, 5) is 17.0. The zero-order valence-corrected chi connectivity index (χ0v) is 12.1. The molecule has 0 aliphatic heterocycles. The average Bonchev–Trinajstić information content (AvgIpc) is 2.87. The Balaban J connectivity index is 2.33. The first-order valence-electron chi connectivity index (χ1n) is 6.01. The van der Waals surface area contributed by atoms with E-state index in [-0.39, 0.29) is 5.56 Å². The van der Waals surface area contributed by atoms with Gasteiger partial charge >= 0.3 is 5.97 Å². The maximum Gasteiger partial charge on any atom is 0.371 e. The minimum Gasteiger partial charge on any atom is -0.360 e. The van der Waals surface area contributed by atoms with Crippen molar-refractivity contribution in [3.63, 3.8) is 0 Å². The lowest BCUT2D eigenvalue weighted by Gasteiger charge is -2.00. The predicted octanol–water partition coefficient (Wildman–Crippen LogP) is 3.11. The summed E-state index contributed by atoms with van der Waals surface area (Å²) in [5.41, 5.74) is 2.13. The van der Waals surface area contributed by atoms with Crippen molar-refractivity contribution < 1.29 is 14.2 Å². The monoisotopic (exact) mass is 290 g/mol. The molecule has 0 aliphatic carbocycles. The molecule has 0 bridgehead atoms. The van der Waals surface area contributed by atoms with Crippen LogP contribution in [0.4, 0.5) is 0 Å². The van der Waals surface area contributed by atoms with Crippen LogP contribution in [0.15, 0.2) is 40.0 Å². The summed E-state index contributed by atoms with van der Waals surface area (Å²) in [5, 5.41) is 7.61. The summed E-state index contributed by atoms with van der Waals surface area (Å²) < 4.78 is 5.09. The van der Waals surface area contributed by atoms with E-state index in [0.717, 1.165) is 5.56 Å². The highest BCUT2D eigenvalue weighted by Crippen LogP contribution is 2.25. The molecule has 1 aromatic heterocycles. The van der Waals surface area contributed by atoms with Crippen LogP contribution in [0.3, 0.4) is 0 Å². The molecule has 0 N–H and O–H groups in total. The highest BCUT2D eigenvalue weighted by atomic mass is 32.1. The number of carbonyl (C=O) groups is 1. The second kappa shape index (κ2) is 6.38. The number of benzene rings is 1. The van der Waals surface area contributed by atoms with Crippen molar-refractivity contribution in [3.05, 3.63) is 41.7 Å². The van der Waals surface area contributed by atoms with Crippen molar-refractivity contribution in [1.82, 2.24) is 5.16 Å². The Morgan fingerprint density at radius 3 is 2.75 bits per heavy atom. The summed E-state index contributed by atoms with van der Waals surface area (Å²) in [7, 11) is 0. The standard InChI is InChI=1S/C14H14N2O3S/c1-9(8-20)15-19-14(17)12-10(2)18-16-13(12)11-6-4-3-5-7-11/h3-7,20H,8H2,1-2H3/b15-9+. The molecule has 0 radical (unpaired) electrons. The molecule has 0 spiro atoms. The summed E-state index contributed by atoms with van der Waals surface area (Å²) in [6.45, 7) is 3.38. The Hall–Kier alpha value is -2.08. The van der Waals surface area contributed by atoms with Crippen LogP contribution in [0.25, 0.3) is 11.3 Å². The lowest BCUT2D eigenvalue weighted by molar-refractivity contribution is 0.0514. The molecule has 2 aromatic rings. The van der Waals surface area contributed by atoms with Crippen LogP contribution < -0.4 is 0 Å². The third kappa shape index (κ3) is 3.08. The summed E-state index contributed by atoms with van der Waals surface area (Å²) in [5.74, 6) is 0.220. The zero-order chi connectivity index (χ0) is 14.5. The van der Waals surface area contributed by atoms with Crippen molar-refractivity contribution in [2.75, 3.05) is 5.75 Å². The number of aryl methyl sites for hydroxylation is 1. The Labute approximate surface area is 122 Å². The number of aromatic nitrogens is 1. The van der Waals surface area contributed by atoms with Gasteiger partial charge in [-0.05, 0) is 13.8 Å². The van der Waals surface area contributed by atoms with Gasteiger partial charge in [0.2, 0.25) is 0 Å². The van der Waals surface area contributed by atoms with E-state index >= 15 is 0 Å². The van der Waals surface area contributed by atoms with Gasteiger partial charge in [0.15, 0.2) is 0 Å². The minimum absolute atomic E-state index is 0.284. The quantitative estimate of drug-likeness (QED) is 0.407. The van der Waals surface area contributed by atoms with Crippen molar-refractivity contribution in [3.8, 4) is 11.3 Å². The summed E-state index contributed by atoms with van der Waals surface area (Å²) in [6.07, 6.45) is 0. The van der Waals surface area contributed by atoms with E-state index in [1.165, 1.54) is 0 Å². The van der Waals surface area contributed by atoms with E-state index in [1.54, 1.807) is 13.8 Å². The Kier molecular flexibility index (Phi) is 4.57. The van der Waals surface area contributed by atoms with Gasteiger partial charge in [0.1, 0.15) is 17.0 Å². The fourth-order valence-corrected chi connectivity index (χ4v) is 1.66. The van der Waals surface area contributed by atoms with E-state index in [1.807, 2.05) is 30.3 Å². The topological polar surface area (TPSA) is 64.7 Å². The molecular formula is C14H14N2O3S. The van der Waals surface area contributed by atoms with Gasteiger partial charge in [0, 0.05) is 11.3 Å². The number of thiol groups is 1. The third-order valence-corrected chi connectivity index (χ3v) is 3.08. The highest BCUT2D eigenvalue weighted by Gasteiger charge is 2.23. The van der Waals surface area contributed by atoms with Crippen LogP contribution in [-0.4, -0.2) is 22.6 Å². The molecule has 0 saturated heterocycles. The van der Waals surface area contributed by atoms with Gasteiger partial charge in [-0.25, -0.2) is 4.79 Å².